The fraction of sp³-hybridized carbons (Fsp3) is 0.417. The summed E-state index contributed by atoms with van der Waals surface area (Å²) >= 11 is 1.33. The number of nitrogen functional groups attached to an aromatic ring is 1. The zero-order valence-corrected chi connectivity index (χ0v) is 10.9. The maximum atomic E-state index is 12.4. The Morgan fingerprint density at radius 2 is 2.00 bits per heavy atom. The van der Waals surface area contributed by atoms with Crippen molar-refractivity contribution in [2.24, 2.45) is 0 Å². The zero-order valence-electron chi connectivity index (χ0n) is 10.0. The molecule has 0 atom stereocenters. The summed E-state index contributed by atoms with van der Waals surface area (Å²) in [4.78, 5) is 10.9. The average molecular weight is 293 g/mol. The van der Waals surface area contributed by atoms with Gasteiger partial charge in [-0.25, -0.2) is 0 Å². The van der Waals surface area contributed by atoms with Gasteiger partial charge < -0.3 is 10.8 Å². The topological polar surface area (TPSA) is 63.3 Å². The third-order valence-corrected chi connectivity index (χ3v) is 3.56. The lowest BCUT2D eigenvalue weighted by molar-refractivity contribution is -0.138. The van der Waals surface area contributed by atoms with E-state index in [0.29, 0.717) is 23.5 Å². The lowest BCUT2D eigenvalue weighted by Crippen LogP contribution is -2.05. The van der Waals surface area contributed by atoms with Crippen LogP contribution in [0.3, 0.4) is 0 Å². The minimum atomic E-state index is -4.39. The van der Waals surface area contributed by atoms with Crippen LogP contribution in [-0.2, 0) is 11.0 Å². The van der Waals surface area contributed by atoms with Crippen LogP contribution in [0.5, 0.6) is 0 Å². The molecule has 0 aliphatic carbocycles. The molecule has 1 aromatic carbocycles. The van der Waals surface area contributed by atoms with E-state index in [4.69, 9.17) is 10.8 Å². The number of carboxylic acid groups (broad SMARTS) is 1. The molecular weight excluding hydrogens is 279 g/mol. The van der Waals surface area contributed by atoms with Crippen LogP contribution in [-0.4, -0.2) is 16.8 Å². The van der Waals surface area contributed by atoms with Crippen LogP contribution >= 0.6 is 11.8 Å². The number of benzene rings is 1. The molecule has 0 saturated carbocycles. The number of aliphatic carboxylic acids is 1. The number of anilines is 1. The number of rotatable bonds is 6. The van der Waals surface area contributed by atoms with Gasteiger partial charge in [-0.15, -0.1) is 11.8 Å². The molecule has 19 heavy (non-hydrogen) atoms. The van der Waals surface area contributed by atoms with Crippen LogP contribution in [0.2, 0.25) is 0 Å². The molecule has 106 valence electrons. The predicted octanol–water partition coefficient (Wildman–Crippen LogP) is 3.63. The monoisotopic (exact) mass is 293 g/mol. The lowest BCUT2D eigenvalue weighted by atomic mass is 10.2. The van der Waals surface area contributed by atoms with Crippen LogP contribution in [0.15, 0.2) is 23.1 Å². The van der Waals surface area contributed by atoms with Gasteiger partial charge in [0.1, 0.15) is 0 Å². The molecular formula is C12H14F3NO2S. The Kier molecular flexibility index (Phi) is 5.53. The Hall–Kier alpha value is -1.37. The molecule has 3 N–H and O–H groups in total. The van der Waals surface area contributed by atoms with Crippen molar-refractivity contribution in [2.45, 2.75) is 30.3 Å². The van der Waals surface area contributed by atoms with E-state index in [-0.39, 0.29) is 12.1 Å². The standard InChI is InChI=1S/C12H14F3NO2S/c13-12(14,15)8-4-5-10(9(16)7-8)19-6-2-1-3-11(17)18/h4-5,7H,1-3,6,16H2,(H,17,18). The highest BCUT2D eigenvalue weighted by atomic mass is 32.2. The molecule has 0 aliphatic heterocycles. The first-order valence-electron chi connectivity index (χ1n) is 5.62. The number of nitrogens with two attached hydrogens (primary N) is 1. The summed E-state index contributed by atoms with van der Waals surface area (Å²) in [5, 5.41) is 8.45. The van der Waals surface area contributed by atoms with Crippen molar-refractivity contribution in [3.63, 3.8) is 0 Å². The summed E-state index contributed by atoms with van der Waals surface area (Å²) in [5.41, 5.74) is 4.90. The lowest BCUT2D eigenvalue weighted by Gasteiger charge is -2.10. The average Bonchev–Trinajstić information content (AvgIpc) is 2.28. The van der Waals surface area contributed by atoms with Crippen molar-refractivity contribution in [3.05, 3.63) is 23.8 Å². The van der Waals surface area contributed by atoms with Gasteiger partial charge in [0.05, 0.1) is 5.56 Å². The summed E-state index contributed by atoms with van der Waals surface area (Å²) in [7, 11) is 0. The number of carbonyl (C=O) groups is 1. The third-order valence-electron chi connectivity index (χ3n) is 2.38. The number of thioether (sulfide) groups is 1. The van der Waals surface area contributed by atoms with Gasteiger partial charge in [-0.1, -0.05) is 0 Å². The van der Waals surface area contributed by atoms with Gasteiger partial charge in [0.15, 0.2) is 0 Å². The maximum absolute atomic E-state index is 12.4. The van der Waals surface area contributed by atoms with Gasteiger partial charge >= 0.3 is 12.1 Å². The highest BCUT2D eigenvalue weighted by Gasteiger charge is 2.30. The van der Waals surface area contributed by atoms with E-state index in [1.165, 1.54) is 17.8 Å². The van der Waals surface area contributed by atoms with Crippen molar-refractivity contribution in [2.75, 3.05) is 11.5 Å². The van der Waals surface area contributed by atoms with Crippen molar-refractivity contribution < 1.29 is 23.1 Å². The maximum Gasteiger partial charge on any atom is 0.416 e. The van der Waals surface area contributed by atoms with E-state index in [1.807, 2.05) is 0 Å². The molecule has 1 rings (SSSR count). The largest absolute Gasteiger partial charge is 0.481 e. The van der Waals surface area contributed by atoms with Crippen LogP contribution in [0.4, 0.5) is 18.9 Å². The molecule has 0 saturated heterocycles. The van der Waals surface area contributed by atoms with Crippen LogP contribution in [0, 0.1) is 0 Å². The summed E-state index contributed by atoms with van der Waals surface area (Å²) in [6.07, 6.45) is -3.07. The van der Waals surface area contributed by atoms with Crippen molar-refractivity contribution in [1.82, 2.24) is 0 Å². The van der Waals surface area contributed by atoms with Gasteiger partial charge in [0, 0.05) is 17.0 Å². The molecule has 0 bridgehead atoms. The molecule has 0 amide bonds. The number of halogens is 3. The van der Waals surface area contributed by atoms with Gasteiger partial charge in [-0.2, -0.15) is 13.2 Å². The van der Waals surface area contributed by atoms with Crippen molar-refractivity contribution >= 4 is 23.4 Å². The first kappa shape index (κ1) is 15.7. The Balaban J connectivity index is 2.49. The first-order valence-corrected chi connectivity index (χ1v) is 6.60. The molecule has 0 radical (unpaired) electrons. The molecule has 0 spiro atoms. The smallest absolute Gasteiger partial charge is 0.416 e. The third kappa shape index (κ3) is 5.42. The van der Waals surface area contributed by atoms with Crippen LogP contribution in [0.25, 0.3) is 0 Å². The SMILES string of the molecule is Nc1cc(C(F)(F)F)ccc1SCCCCC(=O)O. The summed E-state index contributed by atoms with van der Waals surface area (Å²) in [6.45, 7) is 0. The van der Waals surface area contributed by atoms with Gasteiger partial charge in [-0.3, -0.25) is 4.79 Å². The molecule has 0 unspecified atom stereocenters. The molecule has 0 fully saturated rings. The summed E-state index contributed by atoms with van der Waals surface area (Å²) in [6, 6.07) is 3.26. The van der Waals surface area contributed by atoms with E-state index < -0.39 is 17.7 Å². The minimum Gasteiger partial charge on any atom is -0.481 e. The van der Waals surface area contributed by atoms with Gasteiger partial charge in [0.25, 0.3) is 0 Å². The van der Waals surface area contributed by atoms with E-state index in [1.54, 1.807) is 0 Å². The zero-order chi connectivity index (χ0) is 14.5. The van der Waals surface area contributed by atoms with Gasteiger partial charge in [0.2, 0.25) is 0 Å². The molecule has 0 aliphatic rings. The number of alkyl halides is 3. The normalized spacial score (nSPS) is 11.5. The van der Waals surface area contributed by atoms with Gasteiger partial charge in [-0.05, 0) is 36.8 Å². The minimum absolute atomic E-state index is 0.0954. The quantitative estimate of drug-likeness (QED) is 0.477. The fourth-order valence-electron chi connectivity index (χ4n) is 1.42. The van der Waals surface area contributed by atoms with E-state index in [9.17, 15) is 18.0 Å². The Morgan fingerprint density at radius 1 is 1.32 bits per heavy atom. The van der Waals surface area contributed by atoms with Crippen molar-refractivity contribution in [1.29, 1.82) is 0 Å². The Morgan fingerprint density at radius 3 is 2.53 bits per heavy atom. The Bertz CT molecular complexity index is 449. The molecule has 7 heteroatoms. The first-order chi connectivity index (χ1) is 8.80. The second-order valence-electron chi connectivity index (χ2n) is 3.95. The number of unbranched alkanes of at least 4 members (excludes halogenated alkanes) is 1. The fourth-order valence-corrected chi connectivity index (χ4v) is 2.37. The number of hydrogen-bond acceptors (Lipinski definition) is 3. The molecule has 0 aromatic heterocycles. The van der Waals surface area contributed by atoms with Crippen LogP contribution < -0.4 is 5.73 Å². The predicted molar refractivity (Wildman–Crippen MR) is 68.1 cm³/mol. The van der Waals surface area contributed by atoms with Crippen LogP contribution in [0.1, 0.15) is 24.8 Å². The van der Waals surface area contributed by atoms with E-state index >= 15 is 0 Å². The number of hydrogen-bond donors (Lipinski definition) is 2. The summed E-state index contributed by atoms with van der Waals surface area (Å²) < 4.78 is 37.2. The van der Waals surface area contributed by atoms with Crippen molar-refractivity contribution in [3.8, 4) is 0 Å². The highest BCUT2D eigenvalue weighted by Crippen LogP contribution is 2.34. The second kappa shape index (κ2) is 6.70. The summed E-state index contributed by atoms with van der Waals surface area (Å²) in [5.74, 6) is -0.220. The molecule has 3 nitrogen and oxygen atoms in total. The van der Waals surface area contributed by atoms with E-state index in [2.05, 4.69) is 0 Å². The molecule has 0 heterocycles. The Labute approximate surface area is 113 Å². The molecule has 1 aromatic rings. The number of carboxylic acids is 1. The second-order valence-corrected chi connectivity index (χ2v) is 5.09. The highest BCUT2D eigenvalue weighted by molar-refractivity contribution is 7.99. The van der Waals surface area contributed by atoms with E-state index in [0.717, 1.165) is 12.1 Å².